The van der Waals surface area contributed by atoms with E-state index in [4.69, 9.17) is 0 Å². The highest BCUT2D eigenvalue weighted by molar-refractivity contribution is 7.99. The van der Waals surface area contributed by atoms with Crippen LogP contribution in [0.15, 0.2) is 48.5 Å². The summed E-state index contributed by atoms with van der Waals surface area (Å²) in [5.41, 5.74) is 2.98. The van der Waals surface area contributed by atoms with Gasteiger partial charge in [-0.05, 0) is 30.2 Å². The van der Waals surface area contributed by atoms with Gasteiger partial charge >= 0.3 is 0 Å². The molecule has 2 N–H and O–H groups in total. The van der Waals surface area contributed by atoms with E-state index in [-0.39, 0.29) is 18.3 Å². The average molecular weight is 333 g/mol. The van der Waals surface area contributed by atoms with Crippen LogP contribution in [-0.2, 0) is 10.5 Å². The zero-order chi connectivity index (χ0) is 16.7. The molecule has 23 heavy (non-hydrogen) atoms. The number of aryl methyl sites for hydroxylation is 1. The Morgan fingerprint density at radius 2 is 2.00 bits per heavy atom. The van der Waals surface area contributed by atoms with Crippen LogP contribution in [-0.4, -0.2) is 23.3 Å². The number of carbonyl (C=O) groups excluding carboxylic acids is 1. The van der Waals surface area contributed by atoms with Crippen LogP contribution in [0.25, 0.3) is 0 Å². The number of carbonyl (C=O) groups is 1. The molecule has 2 rings (SSSR count). The highest BCUT2D eigenvalue weighted by Crippen LogP contribution is 2.14. The van der Waals surface area contributed by atoms with Crippen molar-refractivity contribution in [2.75, 3.05) is 12.3 Å². The van der Waals surface area contributed by atoms with E-state index in [2.05, 4.69) is 11.4 Å². The number of amides is 1. The maximum absolute atomic E-state index is 12.8. The molecular formula is C18H20FNO2S. The van der Waals surface area contributed by atoms with E-state index < -0.39 is 6.10 Å². The third-order valence-corrected chi connectivity index (χ3v) is 4.34. The Morgan fingerprint density at radius 1 is 1.26 bits per heavy atom. The first kappa shape index (κ1) is 17.5. The predicted molar refractivity (Wildman–Crippen MR) is 91.7 cm³/mol. The molecule has 1 amide bonds. The second kappa shape index (κ2) is 8.70. The first-order chi connectivity index (χ1) is 11.0. The Morgan fingerprint density at radius 3 is 2.70 bits per heavy atom. The maximum atomic E-state index is 12.8. The van der Waals surface area contributed by atoms with E-state index in [1.54, 1.807) is 0 Å². The zero-order valence-electron chi connectivity index (χ0n) is 13.0. The highest BCUT2D eigenvalue weighted by Gasteiger charge is 2.09. The monoisotopic (exact) mass is 333 g/mol. The average Bonchev–Trinajstić information content (AvgIpc) is 2.53. The molecule has 0 aliphatic rings. The number of benzene rings is 2. The summed E-state index contributed by atoms with van der Waals surface area (Å²) in [6, 6.07) is 13.8. The number of nitrogens with one attached hydrogen (secondary N) is 1. The van der Waals surface area contributed by atoms with Gasteiger partial charge in [0, 0.05) is 12.3 Å². The highest BCUT2D eigenvalue weighted by atomic mass is 32.2. The van der Waals surface area contributed by atoms with Crippen molar-refractivity contribution in [3.63, 3.8) is 0 Å². The second-order valence-corrected chi connectivity index (χ2v) is 6.34. The normalized spacial score (nSPS) is 12.0. The van der Waals surface area contributed by atoms with E-state index >= 15 is 0 Å². The van der Waals surface area contributed by atoms with E-state index in [0.29, 0.717) is 11.3 Å². The van der Waals surface area contributed by atoms with E-state index in [0.717, 1.165) is 5.75 Å². The number of thioether (sulfide) groups is 1. The van der Waals surface area contributed by atoms with E-state index in [1.165, 1.54) is 47.2 Å². The fourth-order valence-electron chi connectivity index (χ4n) is 2.13. The third kappa shape index (κ3) is 6.04. The molecule has 0 aliphatic heterocycles. The predicted octanol–water partition coefficient (Wildman–Crippen LogP) is 3.22. The summed E-state index contributed by atoms with van der Waals surface area (Å²) < 4.78 is 12.8. The molecule has 0 saturated heterocycles. The molecule has 2 aromatic rings. The van der Waals surface area contributed by atoms with E-state index in [9.17, 15) is 14.3 Å². The standard InChI is InChI=1S/C18H20FNO2S/c1-13-3-2-4-14(9-13)11-23-12-18(22)20-10-17(21)15-5-7-16(19)8-6-15/h2-9,17,21H,10-12H2,1H3,(H,20,22). The molecule has 0 aliphatic carbocycles. The Bertz CT molecular complexity index is 646. The van der Waals surface area contributed by atoms with Crippen molar-refractivity contribution < 1.29 is 14.3 Å². The van der Waals surface area contributed by atoms with Gasteiger partial charge in [-0.3, -0.25) is 4.79 Å². The molecule has 0 heterocycles. The molecule has 0 spiro atoms. The molecule has 2 aromatic carbocycles. The van der Waals surface area contributed by atoms with Crippen LogP contribution in [0.4, 0.5) is 4.39 Å². The van der Waals surface area contributed by atoms with Crippen LogP contribution in [0.2, 0.25) is 0 Å². The minimum absolute atomic E-state index is 0.121. The minimum atomic E-state index is -0.832. The largest absolute Gasteiger partial charge is 0.387 e. The molecule has 0 saturated carbocycles. The van der Waals surface area contributed by atoms with Crippen molar-refractivity contribution in [2.24, 2.45) is 0 Å². The number of halogens is 1. The minimum Gasteiger partial charge on any atom is -0.387 e. The molecule has 0 aromatic heterocycles. The van der Waals surface area contributed by atoms with Gasteiger partial charge in [0.1, 0.15) is 5.82 Å². The summed E-state index contributed by atoms with van der Waals surface area (Å²) >= 11 is 1.53. The van der Waals surface area contributed by atoms with Gasteiger partial charge < -0.3 is 10.4 Å². The van der Waals surface area contributed by atoms with Gasteiger partial charge in [0.2, 0.25) is 5.91 Å². The molecule has 3 nitrogen and oxygen atoms in total. The van der Waals surface area contributed by atoms with Gasteiger partial charge in [-0.1, -0.05) is 42.0 Å². The van der Waals surface area contributed by atoms with Crippen LogP contribution in [0.5, 0.6) is 0 Å². The molecule has 0 bridgehead atoms. The van der Waals surface area contributed by atoms with Gasteiger partial charge in [0.15, 0.2) is 0 Å². The molecular weight excluding hydrogens is 313 g/mol. The van der Waals surface area contributed by atoms with E-state index in [1.807, 2.05) is 25.1 Å². The van der Waals surface area contributed by atoms with Crippen molar-refractivity contribution >= 4 is 17.7 Å². The van der Waals surface area contributed by atoms with Crippen molar-refractivity contribution in [3.05, 3.63) is 71.0 Å². The van der Waals surface area contributed by atoms with Crippen molar-refractivity contribution in [1.82, 2.24) is 5.32 Å². The Kier molecular flexibility index (Phi) is 6.62. The number of aliphatic hydroxyl groups is 1. The Labute approximate surface area is 139 Å². The Hall–Kier alpha value is -1.85. The number of hydrogen-bond acceptors (Lipinski definition) is 3. The lowest BCUT2D eigenvalue weighted by molar-refractivity contribution is -0.119. The first-order valence-electron chi connectivity index (χ1n) is 7.38. The number of hydrogen-bond donors (Lipinski definition) is 2. The molecule has 122 valence electrons. The maximum Gasteiger partial charge on any atom is 0.230 e. The summed E-state index contributed by atoms with van der Waals surface area (Å²) in [5.74, 6) is 0.640. The molecule has 1 atom stereocenters. The summed E-state index contributed by atoms with van der Waals surface area (Å²) in [7, 11) is 0. The van der Waals surface area contributed by atoms with Crippen LogP contribution in [0.3, 0.4) is 0 Å². The smallest absolute Gasteiger partial charge is 0.230 e. The quantitative estimate of drug-likeness (QED) is 0.818. The van der Waals surface area contributed by atoms with Crippen LogP contribution < -0.4 is 5.32 Å². The van der Waals surface area contributed by atoms with Crippen LogP contribution in [0, 0.1) is 12.7 Å². The fourth-order valence-corrected chi connectivity index (χ4v) is 2.93. The Balaban J connectivity index is 1.69. The lowest BCUT2D eigenvalue weighted by atomic mass is 10.1. The molecule has 0 fully saturated rings. The molecule has 1 unspecified atom stereocenters. The van der Waals surface area contributed by atoms with Gasteiger partial charge in [-0.25, -0.2) is 4.39 Å². The van der Waals surface area contributed by atoms with Gasteiger partial charge in [0.25, 0.3) is 0 Å². The summed E-state index contributed by atoms with van der Waals surface area (Å²) in [5, 5.41) is 12.6. The summed E-state index contributed by atoms with van der Waals surface area (Å²) in [6.45, 7) is 2.16. The topological polar surface area (TPSA) is 49.3 Å². The SMILES string of the molecule is Cc1cccc(CSCC(=O)NCC(O)c2ccc(F)cc2)c1. The fraction of sp³-hybridized carbons (Fsp3) is 0.278. The van der Waals surface area contributed by atoms with Crippen molar-refractivity contribution in [1.29, 1.82) is 0 Å². The van der Waals surface area contributed by atoms with Crippen molar-refractivity contribution in [3.8, 4) is 0 Å². The van der Waals surface area contributed by atoms with Crippen LogP contribution >= 0.6 is 11.8 Å². The van der Waals surface area contributed by atoms with Gasteiger partial charge in [0.05, 0.1) is 11.9 Å². The summed E-state index contributed by atoms with van der Waals surface area (Å²) in [4.78, 5) is 11.8. The zero-order valence-corrected chi connectivity index (χ0v) is 13.8. The van der Waals surface area contributed by atoms with Gasteiger partial charge in [-0.2, -0.15) is 0 Å². The second-order valence-electron chi connectivity index (χ2n) is 5.35. The van der Waals surface area contributed by atoms with Gasteiger partial charge in [-0.15, -0.1) is 11.8 Å². The molecule has 0 radical (unpaired) electrons. The summed E-state index contributed by atoms with van der Waals surface area (Å²) in [6.07, 6.45) is -0.832. The van der Waals surface area contributed by atoms with Crippen LogP contribution in [0.1, 0.15) is 22.8 Å². The van der Waals surface area contributed by atoms with Crippen molar-refractivity contribution in [2.45, 2.75) is 18.8 Å². The first-order valence-corrected chi connectivity index (χ1v) is 8.53. The lowest BCUT2D eigenvalue weighted by Gasteiger charge is -2.12. The number of rotatable bonds is 7. The molecule has 5 heteroatoms. The lowest BCUT2D eigenvalue weighted by Crippen LogP contribution is -2.29. The number of aliphatic hydroxyl groups excluding tert-OH is 1. The third-order valence-electron chi connectivity index (χ3n) is 3.33.